The van der Waals surface area contributed by atoms with Gasteiger partial charge in [0.05, 0.1) is 5.56 Å². The topological polar surface area (TPSA) is 12.0 Å². The van der Waals surface area contributed by atoms with E-state index in [1.165, 1.54) is 37.8 Å². The normalized spacial score (nSPS) is 24.2. The zero-order valence-electron chi connectivity index (χ0n) is 11.1. The first kappa shape index (κ1) is 14.2. The molecule has 1 aromatic carbocycles. The smallest absolute Gasteiger partial charge is 0.385 e. The first-order chi connectivity index (χ1) is 8.95. The second kappa shape index (κ2) is 5.85. The van der Waals surface area contributed by atoms with Crippen LogP contribution in [-0.4, -0.2) is 6.54 Å². The lowest BCUT2D eigenvalue weighted by molar-refractivity contribution is -0.137. The first-order valence-electron chi connectivity index (χ1n) is 6.86. The van der Waals surface area contributed by atoms with Crippen molar-refractivity contribution in [1.82, 2.24) is 0 Å². The summed E-state index contributed by atoms with van der Waals surface area (Å²) in [4.78, 5) is 0. The van der Waals surface area contributed by atoms with Crippen LogP contribution in [0.1, 0.15) is 38.2 Å². The van der Waals surface area contributed by atoms with E-state index in [1.54, 1.807) is 0 Å². The van der Waals surface area contributed by atoms with Gasteiger partial charge in [-0.05, 0) is 48.9 Å². The molecule has 1 aliphatic carbocycles. The molecule has 106 valence electrons. The van der Waals surface area contributed by atoms with Gasteiger partial charge in [-0.2, -0.15) is 13.2 Å². The summed E-state index contributed by atoms with van der Waals surface area (Å²) in [6, 6.07) is 5.28. The third kappa shape index (κ3) is 4.15. The summed E-state index contributed by atoms with van der Waals surface area (Å²) in [5.41, 5.74) is 0.176. The van der Waals surface area contributed by atoms with E-state index in [-0.39, 0.29) is 0 Å². The van der Waals surface area contributed by atoms with Crippen LogP contribution in [0.2, 0.25) is 0 Å². The fourth-order valence-electron chi connectivity index (χ4n) is 2.78. The number of nitrogens with one attached hydrogen (secondary N) is 1. The maximum absolute atomic E-state index is 12.4. The summed E-state index contributed by atoms with van der Waals surface area (Å²) in [6.07, 6.45) is 0.750. The van der Waals surface area contributed by atoms with Crippen LogP contribution >= 0.6 is 0 Å². The minimum Gasteiger partial charge on any atom is -0.385 e. The van der Waals surface area contributed by atoms with Gasteiger partial charge in [0.1, 0.15) is 0 Å². The third-order valence-electron chi connectivity index (χ3n) is 3.85. The van der Waals surface area contributed by atoms with Crippen molar-refractivity contribution in [2.75, 3.05) is 11.9 Å². The van der Waals surface area contributed by atoms with Crippen LogP contribution in [0.3, 0.4) is 0 Å². The first-order valence-corrected chi connectivity index (χ1v) is 6.86. The van der Waals surface area contributed by atoms with Gasteiger partial charge in [-0.1, -0.05) is 19.8 Å². The van der Waals surface area contributed by atoms with Crippen LogP contribution in [0.15, 0.2) is 24.3 Å². The van der Waals surface area contributed by atoms with E-state index in [0.717, 1.165) is 30.3 Å². The number of alkyl halides is 3. The Balaban J connectivity index is 1.86. The maximum Gasteiger partial charge on any atom is 0.416 e. The molecule has 1 aromatic rings. The Kier molecular flexibility index (Phi) is 4.38. The molecule has 4 heteroatoms. The standard InChI is InChI=1S/C15H20F3N/c1-11-3-2-4-12(9-11)10-19-14-7-5-13(6-8-14)15(16,17)18/h5-8,11-12,19H,2-4,9-10H2,1H3. The van der Waals surface area contributed by atoms with Gasteiger partial charge in [0.25, 0.3) is 0 Å². The SMILES string of the molecule is CC1CCCC(CNc2ccc(C(F)(F)F)cc2)C1. The summed E-state index contributed by atoms with van der Waals surface area (Å²) < 4.78 is 37.3. The Hall–Kier alpha value is -1.19. The van der Waals surface area contributed by atoms with E-state index in [9.17, 15) is 13.2 Å². The predicted molar refractivity (Wildman–Crippen MR) is 71.1 cm³/mol. The minimum absolute atomic E-state index is 0.593. The van der Waals surface area contributed by atoms with Crippen LogP contribution in [0.4, 0.5) is 18.9 Å². The number of halogens is 3. The van der Waals surface area contributed by atoms with E-state index < -0.39 is 11.7 Å². The molecule has 1 aliphatic rings. The van der Waals surface area contributed by atoms with Crippen LogP contribution in [0, 0.1) is 11.8 Å². The molecule has 1 N–H and O–H groups in total. The highest BCUT2D eigenvalue weighted by molar-refractivity contribution is 5.45. The van der Waals surface area contributed by atoms with E-state index in [0.29, 0.717) is 5.92 Å². The number of benzene rings is 1. The Morgan fingerprint density at radius 3 is 2.42 bits per heavy atom. The molecular weight excluding hydrogens is 251 g/mol. The zero-order chi connectivity index (χ0) is 13.9. The maximum atomic E-state index is 12.4. The van der Waals surface area contributed by atoms with Crippen LogP contribution in [-0.2, 0) is 6.18 Å². The van der Waals surface area contributed by atoms with E-state index >= 15 is 0 Å². The molecular formula is C15H20F3N. The zero-order valence-corrected chi connectivity index (χ0v) is 11.1. The second-order valence-corrected chi connectivity index (χ2v) is 5.59. The number of hydrogen-bond donors (Lipinski definition) is 1. The predicted octanol–water partition coefficient (Wildman–Crippen LogP) is 4.94. The summed E-state index contributed by atoms with van der Waals surface area (Å²) in [5, 5.41) is 3.25. The molecule has 0 amide bonds. The summed E-state index contributed by atoms with van der Waals surface area (Å²) in [5.74, 6) is 1.42. The molecule has 0 heterocycles. The van der Waals surface area contributed by atoms with Gasteiger partial charge in [0, 0.05) is 12.2 Å². The molecule has 2 atom stereocenters. The summed E-state index contributed by atoms with van der Waals surface area (Å²) >= 11 is 0. The van der Waals surface area contributed by atoms with Crippen LogP contribution < -0.4 is 5.32 Å². The minimum atomic E-state index is -4.25. The van der Waals surface area contributed by atoms with Gasteiger partial charge < -0.3 is 5.32 Å². The second-order valence-electron chi connectivity index (χ2n) is 5.59. The highest BCUT2D eigenvalue weighted by Gasteiger charge is 2.29. The fourth-order valence-corrected chi connectivity index (χ4v) is 2.78. The van der Waals surface area contributed by atoms with E-state index in [2.05, 4.69) is 12.2 Å². The molecule has 1 nitrogen and oxygen atoms in total. The van der Waals surface area contributed by atoms with Crippen molar-refractivity contribution >= 4 is 5.69 Å². The molecule has 0 saturated heterocycles. The lowest BCUT2D eigenvalue weighted by Gasteiger charge is -2.27. The number of anilines is 1. The van der Waals surface area contributed by atoms with Crippen molar-refractivity contribution in [3.05, 3.63) is 29.8 Å². The van der Waals surface area contributed by atoms with Gasteiger partial charge in [-0.15, -0.1) is 0 Å². The van der Waals surface area contributed by atoms with Crippen molar-refractivity contribution in [2.24, 2.45) is 11.8 Å². The Labute approximate surface area is 112 Å². The molecule has 0 spiro atoms. The Morgan fingerprint density at radius 2 is 1.84 bits per heavy atom. The molecule has 1 saturated carbocycles. The summed E-state index contributed by atoms with van der Waals surface area (Å²) in [7, 11) is 0. The highest BCUT2D eigenvalue weighted by Crippen LogP contribution is 2.31. The molecule has 0 radical (unpaired) electrons. The monoisotopic (exact) mass is 271 g/mol. The summed E-state index contributed by atoms with van der Waals surface area (Å²) in [6.45, 7) is 3.12. The van der Waals surface area contributed by atoms with Gasteiger partial charge >= 0.3 is 6.18 Å². The molecule has 2 rings (SSSR count). The van der Waals surface area contributed by atoms with Crippen molar-refractivity contribution < 1.29 is 13.2 Å². The van der Waals surface area contributed by atoms with Crippen LogP contribution in [0.25, 0.3) is 0 Å². The van der Waals surface area contributed by atoms with E-state index in [4.69, 9.17) is 0 Å². The highest BCUT2D eigenvalue weighted by atomic mass is 19.4. The van der Waals surface area contributed by atoms with Gasteiger partial charge in [-0.3, -0.25) is 0 Å². The average molecular weight is 271 g/mol. The van der Waals surface area contributed by atoms with Crippen molar-refractivity contribution in [2.45, 2.75) is 38.8 Å². The quantitative estimate of drug-likeness (QED) is 0.820. The molecule has 19 heavy (non-hydrogen) atoms. The van der Waals surface area contributed by atoms with Crippen molar-refractivity contribution in [3.63, 3.8) is 0 Å². The number of rotatable bonds is 3. The van der Waals surface area contributed by atoms with Crippen molar-refractivity contribution in [3.8, 4) is 0 Å². The number of hydrogen-bond acceptors (Lipinski definition) is 1. The lowest BCUT2D eigenvalue weighted by Crippen LogP contribution is -2.21. The van der Waals surface area contributed by atoms with Gasteiger partial charge in [-0.25, -0.2) is 0 Å². The van der Waals surface area contributed by atoms with E-state index in [1.807, 2.05) is 0 Å². The average Bonchev–Trinajstić information content (AvgIpc) is 2.36. The molecule has 0 bridgehead atoms. The molecule has 2 unspecified atom stereocenters. The Bertz CT molecular complexity index is 397. The largest absolute Gasteiger partial charge is 0.416 e. The Morgan fingerprint density at radius 1 is 1.16 bits per heavy atom. The van der Waals surface area contributed by atoms with Crippen molar-refractivity contribution in [1.29, 1.82) is 0 Å². The molecule has 0 aromatic heterocycles. The molecule has 0 aliphatic heterocycles. The third-order valence-corrected chi connectivity index (χ3v) is 3.85. The van der Waals surface area contributed by atoms with Gasteiger partial charge in [0.15, 0.2) is 0 Å². The van der Waals surface area contributed by atoms with Crippen LogP contribution in [0.5, 0.6) is 0 Å². The molecule has 1 fully saturated rings. The van der Waals surface area contributed by atoms with Gasteiger partial charge in [0.2, 0.25) is 0 Å². The fraction of sp³-hybridized carbons (Fsp3) is 0.600. The lowest BCUT2D eigenvalue weighted by atomic mass is 9.82.